The number of carbonyl (C=O) groups excluding carboxylic acids is 1. The summed E-state index contributed by atoms with van der Waals surface area (Å²) >= 11 is 12.0. The van der Waals surface area contributed by atoms with Crippen LogP contribution in [0.25, 0.3) is 0 Å². The fraction of sp³-hybridized carbons (Fsp3) is 0.130. The minimum absolute atomic E-state index is 0.382. The molecule has 3 aromatic rings. The number of aryl methyl sites for hydroxylation is 2. The van der Waals surface area contributed by atoms with E-state index in [2.05, 4.69) is 15.8 Å². The maximum atomic E-state index is 11.9. The number of nitrogens with zero attached hydrogens (tertiary/aromatic N) is 1. The van der Waals surface area contributed by atoms with Crippen LogP contribution in [0, 0.1) is 13.8 Å². The molecule has 2 amide bonds. The van der Waals surface area contributed by atoms with Crippen molar-refractivity contribution in [2.45, 2.75) is 20.5 Å². The molecule has 0 fully saturated rings. The fourth-order valence-corrected chi connectivity index (χ4v) is 3.24. The molecule has 3 aromatic carbocycles. The highest BCUT2D eigenvalue weighted by atomic mass is 35.5. The lowest BCUT2D eigenvalue weighted by Gasteiger charge is -2.13. The third-order valence-electron chi connectivity index (χ3n) is 4.26. The minimum atomic E-state index is -0.410. The number of halogens is 2. The predicted octanol–water partition coefficient (Wildman–Crippen LogP) is 6.34. The Hall–Kier alpha value is -3.02. The van der Waals surface area contributed by atoms with Gasteiger partial charge in [0.05, 0.1) is 16.3 Å². The van der Waals surface area contributed by atoms with E-state index in [0.29, 0.717) is 22.3 Å². The zero-order valence-corrected chi connectivity index (χ0v) is 18.1. The summed E-state index contributed by atoms with van der Waals surface area (Å²) in [6, 6.07) is 18.1. The molecule has 0 spiro atoms. The van der Waals surface area contributed by atoms with Crippen molar-refractivity contribution < 1.29 is 9.53 Å². The molecule has 7 heteroatoms. The van der Waals surface area contributed by atoms with Gasteiger partial charge in [-0.25, -0.2) is 10.2 Å². The van der Waals surface area contributed by atoms with Crippen molar-refractivity contribution in [3.8, 4) is 5.75 Å². The molecule has 0 bridgehead atoms. The topological polar surface area (TPSA) is 62.7 Å². The van der Waals surface area contributed by atoms with Gasteiger partial charge >= 0.3 is 6.03 Å². The molecule has 3 rings (SSSR count). The smallest absolute Gasteiger partial charge is 0.339 e. The Morgan fingerprint density at radius 3 is 2.37 bits per heavy atom. The number of rotatable bonds is 6. The van der Waals surface area contributed by atoms with E-state index in [1.807, 2.05) is 50.2 Å². The lowest BCUT2D eigenvalue weighted by atomic mass is 10.1. The van der Waals surface area contributed by atoms with Gasteiger partial charge in [0.2, 0.25) is 0 Å². The summed E-state index contributed by atoms with van der Waals surface area (Å²) in [6.45, 7) is 4.31. The van der Waals surface area contributed by atoms with Crippen LogP contribution in [0.1, 0.15) is 22.3 Å². The van der Waals surface area contributed by atoms with Crippen molar-refractivity contribution in [2.24, 2.45) is 5.10 Å². The van der Waals surface area contributed by atoms with Crippen molar-refractivity contribution in [2.75, 3.05) is 5.32 Å². The third-order valence-corrected chi connectivity index (χ3v) is 5.00. The van der Waals surface area contributed by atoms with Gasteiger partial charge in [0.1, 0.15) is 12.4 Å². The number of hydrogen-bond donors (Lipinski definition) is 2. The molecule has 0 aliphatic carbocycles. The molecule has 2 N–H and O–H groups in total. The van der Waals surface area contributed by atoms with Crippen molar-refractivity contribution in [3.05, 3.63) is 93.0 Å². The van der Waals surface area contributed by atoms with Crippen LogP contribution >= 0.6 is 23.2 Å². The molecule has 30 heavy (non-hydrogen) atoms. The van der Waals surface area contributed by atoms with Gasteiger partial charge in [-0.1, -0.05) is 47.5 Å². The highest BCUT2D eigenvalue weighted by Crippen LogP contribution is 2.27. The van der Waals surface area contributed by atoms with Crippen LogP contribution in [0.2, 0.25) is 10.0 Å². The zero-order chi connectivity index (χ0) is 21.5. The number of urea groups is 1. The lowest BCUT2D eigenvalue weighted by Crippen LogP contribution is -2.24. The highest BCUT2D eigenvalue weighted by Gasteiger charge is 2.08. The number of ether oxygens (including phenoxy) is 1. The fourth-order valence-electron chi connectivity index (χ4n) is 2.92. The van der Waals surface area contributed by atoms with E-state index < -0.39 is 6.03 Å². The Morgan fingerprint density at radius 1 is 1.00 bits per heavy atom. The molecule has 0 atom stereocenters. The summed E-state index contributed by atoms with van der Waals surface area (Å²) in [5.41, 5.74) is 6.86. The quantitative estimate of drug-likeness (QED) is 0.345. The Labute approximate surface area is 185 Å². The monoisotopic (exact) mass is 441 g/mol. The van der Waals surface area contributed by atoms with E-state index >= 15 is 0 Å². The molecule has 0 aliphatic rings. The summed E-state index contributed by atoms with van der Waals surface area (Å²) in [6.07, 6.45) is 1.59. The zero-order valence-electron chi connectivity index (χ0n) is 16.6. The van der Waals surface area contributed by atoms with Crippen LogP contribution in [-0.4, -0.2) is 12.2 Å². The molecule has 154 valence electrons. The van der Waals surface area contributed by atoms with Crippen LogP contribution in [0.4, 0.5) is 10.5 Å². The molecule has 0 saturated carbocycles. The molecule has 0 saturated heterocycles. The summed E-state index contributed by atoms with van der Waals surface area (Å²) in [5, 5.41) is 7.72. The second-order valence-electron chi connectivity index (χ2n) is 6.71. The van der Waals surface area contributed by atoms with E-state index in [0.717, 1.165) is 28.0 Å². The lowest BCUT2D eigenvalue weighted by molar-refractivity contribution is 0.252. The SMILES string of the molecule is Cc1cc(/C=N\NC(=O)Nc2ccccc2)cc(C)c1OCc1ccc(Cl)c(Cl)c1. The van der Waals surface area contributed by atoms with Gasteiger partial charge in [-0.2, -0.15) is 5.10 Å². The number of benzene rings is 3. The number of amides is 2. The average Bonchev–Trinajstić information content (AvgIpc) is 2.71. The van der Waals surface area contributed by atoms with Gasteiger partial charge in [0.25, 0.3) is 0 Å². The third kappa shape index (κ3) is 5.99. The second kappa shape index (κ2) is 10.1. The predicted molar refractivity (Wildman–Crippen MR) is 123 cm³/mol. The molecular formula is C23H21Cl2N3O2. The average molecular weight is 442 g/mol. The summed E-state index contributed by atoms with van der Waals surface area (Å²) < 4.78 is 5.99. The van der Waals surface area contributed by atoms with Crippen molar-refractivity contribution in [3.63, 3.8) is 0 Å². The van der Waals surface area contributed by atoms with Crippen LogP contribution in [-0.2, 0) is 6.61 Å². The van der Waals surface area contributed by atoms with Gasteiger partial charge in [-0.3, -0.25) is 0 Å². The Balaban J connectivity index is 1.60. The molecule has 5 nitrogen and oxygen atoms in total. The maximum Gasteiger partial charge on any atom is 0.339 e. The van der Waals surface area contributed by atoms with Gasteiger partial charge in [0, 0.05) is 5.69 Å². The van der Waals surface area contributed by atoms with Crippen LogP contribution < -0.4 is 15.5 Å². The molecule has 0 aliphatic heterocycles. The van der Waals surface area contributed by atoms with Crippen molar-refractivity contribution >= 4 is 41.1 Å². The van der Waals surface area contributed by atoms with Gasteiger partial charge in [-0.15, -0.1) is 0 Å². The molecular weight excluding hydrogens is 421 g/mol. The molecule has 0 radical (unpaired) electrons. The number of hydrazone groups is 1. The minimum Gasteiger partial charge on any atom is -0.488 e. The Morgan fingerprint density at radius 2 is 1.70 bits per heavy atom. The van der Waals surface area contributed by atoms with E-state index in [1.165, 1.54) is 0 Å². The second-order valence-corrected chi connectivity index (χ2v) is 7.53. The molecule has 0 aromatic heterocycles. The largest absolute Gasteiger partial charge is 0.488 e. The van der Waals surface area contributed by atoms with Crippen LogP contribution in [0.15, 0.2) is 65.8 Å². The number of para-hydroxylation sites is 1. The maximum absolute atomic E-state index is 11.9. The van der Waals surface area contributed by atoms with E-state index in [9.17, 15) is 4.79 Å². The van der Waals surface area contributed by atoms with Crippen molar-refractivity contribution in [1.29, 1.82) is 0 Å². The number of anilines is 1. The van der Waals surface area contributed by atoms with E-state index in [4.69, 9.17) is 27.9 Å². The summed E-state index contributed by atoms with van der Waals surface area (Å²) in [4.78, 5) is 11.9. The van der Waals surface area contributed by atoms with Crippen LogP contribution in [0.5, 0.6) is 5.75 Å². The Kier molecular flexibility index (Phi) is 7.33. The normalized spacial score (nSPS) is 10.8. The summed E-state index contributed by atoms with van der Waals surface area (Å²) in [7, 11) is 0. The van der Waals surface area contributed by atoms with E-state index in [1.54, 1.807) is 30.5 Å². The van der Waals surface area contributed by atoms with E-state index in [-0.39, 0.29) is 0 Å². The molecule has 0 unspecified atom stereocenters. The van der Waals surface area contributed by atoms with Crippen molar-refractivity contribution in [1.82, 2.24) is 5.43 Å². The Bertz CT molecular complexity index is 1050. The first-order valence-electron chi connectivity index (χ1n) is 9.25. The number of carbonyl (C=O) groups is 1. The van der Waals surface area contributed by atoms with Gasteiger partial charge in [0.15, 0.2) is 0 Å². The first-order valence-corrected chi connectivity index (χ1v) is 10.0. The number of nitrogens with one attached hydrogen (secondary N) is 2. The highest BCUT2D eigenvalue weighted by molar-refractivity contribution is 6.42. The van der Waals surface area contributed by atoms with Gasteiger partial charge in [-0.05, 0) is 72.5 Å². The standard InChI is InChI=1S/C23H21Cl2N3O2/c1-15-10-18(13-26-28-23(29)27-19-6-4-3-5-7-19)11-16(2)22(15)30-14-17-8-9-20(24)21(25)12-17/h3-13H,14H2,1-2H3,(H2,27,28,29)/b26-13-. The first kappa shape index (κ1) is 21.7. The van der Waals surface area contributed by atoms with Crippen LogP contribution in [0.3, 0.4) is 0 Å². The first-order chi connectivity index (χ1) is 14.4. The van der Waals surface area contributed by atoms with Gasteiger partial charge < -0.3 is 10.1 Å². The number of hydrogen-bond acceptors (Lipinski definition) is 3. The summed E-state index contributed by atoms with van der Waals surface area (Å²) in [5.74, 6) is 0.799. The molecule has 0 heterocycles.